The Morgan fingerprint density at radius 3 is 2.95 bits per heavy atom. The number of carboxylic acids is 1. The number of likely N-dealkylation sites (tertiary alicyclic amines) is 1. The van der Waals surface area contributed by atoms with Crippen LogP contribution in [-0.2, 0) is 14.3 Å². The first-order valence-electron chi connectivity index (χ1n) is 7.06. The Balaban J connectivity index is 1.59. The Morgan fingerprint density at radius 1 is 1.36 bits per heavy atom. The summed E-state index contributed by atoms with van der Waals surface area (Å²) >= 11 is 0. The minimum Gasteiger partial charge on any atom is -0.480 e. The molecule has 0 unspecified atom stereocenters. The highest BCUT2D eigenvalue weighted by Crippen LogP contribution is 2.29. The first kappa shape index (κ1) is 14.5. The second-order valence-corrected chi connectivity index (χ2v) is 5.23. The third-order valence-electron chi connectivity index (χ3n) is 3.65. The monoisotopic (exact) mass is 304 g/mol. The van der Waals surface area contributed by atoms with Crippen LogP contribution in [-0.4, -0.2) is 53.2 Å². The average Bonchev–Trinajstić information content (AvgIpc) is 3.13. The van der Waals surface area contributed by atoms with E-state index >= 15 is 0 Å². The molecule has 0 aliphatic carbocycles. The Kier molecular flexibility index (Phi) is 4.06. The molecule has 1 aliphatic rings. The predicted octanol–water partition coefficient (Wildman–Crippen LogP) is 1.24. The zero-order valence-electron chi connectivity index (χ0n) is 11.9. The molecular weight excluding hydrogens is 288 g/mol. The number of rotatable bonds is 5. The number of oxazole rings is 1. The summed E-state index contributed by atoms with van der Waals surface area (Å²) < 4.78 is 10.6. The summed E-state index contributed by atoms with van der Waals surface area (Å²) in [4.78, 5) is 28.4. The topological polar surface area (TPSA) is 92.9 Å². The number of fused-ring (bicyclic) bond motifs is 1. The van der Waals surface area contributed by atoms with E-state index in [9.17, 15) is 9.59 Å². The number of carboxylic acid groups (broad SMARTS) is 1. The fourth-order valence-electron chi connectivity index (χ4n) is 2.57. The van der Waals surface area contributed by atoms with Gasteiger partial charge in [0.15, 0.2) is 11.5 Å². The molecule has 1 atom stereocenters. The van der Waals surface area contributed by atoms with Crippen LogP contribution in [0.2, 0.25) is 0 Å². The molecule has 7 heteroatoms. The molecule has 1 saturated heterocycles. The van der Waals surface area contributed by atoms with E-state index in [1.807, 2.05) is 24.3 Å². The summed E-state index contributed by atoms with van der Waals surface area (Å²) in [5.41, 5.74) is 1.55. The van der Waals surface area contributed by atoms with Gasteiger partial charge in [0.25, 0.3) is 0 Å². The average molecular weight is 304 g/mol. The summed E-state index contributed by atoms with van der Waals surface area (Å²) in [5.74, 6) is -0.586. The number of ether oxygens (including phenoxy) is 1. The maximum atomic E-state index is 11.9. The Bertz CT molecular complexity index is 663. The van der Waals surface area contributed by atoms with E-state index in [4.69, 9.17) is 14.3 Å². The predicted molar refractivity (Wildman–Crippen MR) is 76.4 cm³/mol. The molecular formula is C15H16N2O5. The van der Waals surface area contributed by atoms with Crippen molar-refractivity contribution in [2.75, 3.05) is 26.3 Å². The molecule has 1 aliphatic heterocycles. The molecule has 116 valence electrons. The van der Waals surface area contributed by atoms with Crippen LogP contribution in [0.25, 0.3) is 11.1 Å². The lowest BCUT2D eigenvalue weighted by Gasteiger charge is -2.15. The van der Waals surface area contributed by atoms with Crippen LogP contribution in [0, 0.1) is 0 Å². The van der Waals surface area contributed by atoms with Crippen molar-refractivity contribution < 1.29 is 23.8 Å². The summed E-state index contributed by atoms with van der Waals surface area (Å²) in [7, 11) is 0. The van der Waals surface area contributed by atoms with E-state index in [1.165, 1.54) is 0 Å². The number of hydrogen-bond donors (Lipinski definition) is 1. The van der Waals surface area contributed by atoms with Gasteiger partial charge in [0.1, 0.15) is 18.7 Å². The summed E-state index contributed by atoms with van der Waals surface area (Å²) in [6, 6.07) is 7.55. The van der Waals surface area contributed by atoms with E-state index in [-0.39, 0.29) is 18.4 Å². The summed E-state index contributed by atoms with van der Waals surface area (Å²) in [6.07, 6.45) is 0.775. The van der Waals surface area contributed by atoms with Crippen LogP contribution in [0.5, 0.6) is 0 Å². The second-order valence-electron chi connectivity index (χ2n) is 5.23. The highest BCUT2D eigenvalue weighted by Gasteiger charge is 2.30. The molecule has 0 radical (unpaired) electrons. The molecule has 3 rings (SSSR count). The molecule has 1 fully saturated rings. The highest BCUT2D eigenvalue weighted by molar-refractivity contribution is 5.78. The Morgan fingerprint density at radius 2 is 2.18 bits per heavy atom. The van der Waals surface area contributed by atoms with Gasteiger partial charge >= 0.3 is 5.97 Å². The maximum absolute atomic E-state index is 11.9. The molecule has 1 amide bonds. The van der Waals surface area contributed by atoms with Crippen molar-refractivity contribution in [3.05, 3.63) is 30.2 Å². The van der Waals surface area contributed by atoms with Crippen molar-refractivity contribution in [1.29, 1.82) is 0 Å². The van der Waals surface area contributed by atoms with Gasteiger partial charge in [-0.2, -0.15) is 0 Å². The molecule has 0 spiro atoms. The largest absolute Gasteiger partial charge is 0.480 e. The van der Waals surface area contributed by atoms with E-state index in [0.717, 1.165) is 17.5 Å². The van der Waals surface area contributed by atoms with Crippen molar-refractivity contribution in [1.82, 2.24) is 9.88 Å². The van der Waals surface area contributed by atoms with Gasteiger partial charge in [0.2, 0.25) is 5.91 Å². The number of nitrogens with zero attached hydrogens (tertiary/aromatic N) is 2. The van der Waals surface area contributed by atoms with Gasteiger partial charge in [-0.05, 0) is 18.6 Å². The zero-order valence-corrected chi connectivity index (χ0v) is 11.9. The molecule has 1 aromatic heterocycles. The molecule has 2 aromatic rings. The second kappa shape index (κ2) is 6.15. The molecule has 2 heterocycles. The summed E-state index contributed by atoms with van der Waals surface area (Å²) in [5, 5.41) is 8.48. The van der Waals surface area contributed by atoms with Crippen molar-refractivity contribution in [2.24, 2.45) is 0 Å². The summed E-state index contributed by atoms with van der Waals surface area (Å²) in [6.45, 7) is 0.432. The third kappa shape index (κ3) is 3.09. The number of aliphatic carboxylic acids is 1. The van der Waals surface area contributed by atoms with Gasteiger partial charge in [-0.15, -0.1) is 0 Å². The van der Waals surface area contributed by atoms with E-state index < -0.39 is 12.6 Å². The van der Waals surface area contributed by atoms with Crippen molar-refractivity contribution in [3.8, 4) is 0 Å². The number of benzene rings is 1. The lowest BCUT2D eigenvalue weighted by molar-refractivity contribution is -0.145. The number of carbonyl (C=O) groups excluding carboxylic acids is 1. The number of aromatic nitrogens is 1. The van der Waals surface area contributed by atoms with Crippen LogP contribution in [0.3, 0.4) is 0 Å². The van der Waals surface area contributed by atoms with Gasteiger partial charge in [-0.3, -0.25) is 4.79 Å². The normalized spacial score (nSPS) is 18.0. The van der Waals surface area contributed by atoms with Gasteiger partial charge in [0, 0.05) is 13.1 Å². The number of para-hydroxylation sites is 2. The Labute approximate surface area is 126 Å². The zero-order chi connectivity index (χ0) is 15.5. The molecule has 1 N–H and O–H groups in total. The van der Waals surface area contributed by atoms with E-state index in [0.29, 0.717) is 19.0 Å². The van der Waals surface area contributed by atoms with Crippen molar-refractivity contribution in [2.45, 2.75) is 12.3 Å². The smallest absolute Gasteiger partial charge is 0.329 e. The van der Waals surface area contributed by atoms with E-state index in [2.05, 4.69) is 4.98 Å². The van der Waals surface area contributed by atoms with Crippen LogP contribution in [0.4, 0.5) is 0 Å². The number of carbonyl (C=O) groups is 2. The lowest BCUT2D eigenvalue weighted by atomic mass is 10.1. The van der Waals surface area contributed by atoms with Gasteiger partial charge in [-0.25, -0.2) is 9.78 Å². The minimum atomic E-state index is -1.08. The molecule has 0 saturated carbocycles. The number of amides is 1. The quantitative estimate of drug-likeness (QED) is 0.893. The van der Waals surface area contributed by atoms with Crippen LogP contribution < -0.4 is 0 Å². The molecule has 7 nitrogen and oxygen atoms in total. The van der Waals surface area contributed by atoms with Gasteiger partial charge in [-0.1, -0.05) is 12.1 Å². The van der Waals surface area contributed by atoms with Crippen molar-refractivity contribution in [3.63, 3.8) is 0 Å². The van der Waals surface area contributed by atoms with Crippen molar-refractivity contribution >= 4 is 23.0 Å². The minimum absolute atomic E-state index is 0.0656. The first-order chi connectivity index (χ1) is 10.6. The van der Waals surface area contributed by atoms with Gasteiger partial charge < -0.3 is 19.2 Å². The van der Waals surface area contributed by atoms with Crippen LogP contribution >= 0.6 is 0 Å². The third-order valence-corrected chi connectivity index (χ3v) is 3.65. The van der Waals surface area contributed by atoms with Gasteiger partial charge in [0.05, 0.1) is 5.92 Å². The fourth-order valence-corrected chi connectivity index (χ4v) is 2.57. The molecule has 22 heavy (non-hydrogen) atoms. The van der Waals surface area contributed by atoms with Crippen LogP contribution in [0.15, 0.2) is 28.7 Å². The first-order valence-corrected chi connectivity index (χ1v) is 7.06. The standard InChI is InChI=1S/C15H16N2O5/c18-13(8-21-9-14(19)20)17-6-5-10(7-17)15-16-11-3-1-2-4-12(11)22-15/h1-4,10H,5-9H2,(H,19,20)/t10-/m1/s1. The maximum Gasteiger partial charge on any atom is 0.329 e. The number of hydrogen-bond acceptors (Lipinski definition) is 5. The van der Waals surface area contributed by atoms with Crippen LogP contribution in [0.1, 0.15) is 18.2 Å². The molecule has 0 bridgehead atoms. The fraction of sp³-hybridized carbons (Fsp3) is 0.400. The Hall–Kier alpha value is -2.41. The lowest BCUT2D eigenvalue weighted by Crippen LogP contribution is -2.32. The highest BCUT2D eigenvalue weighted by atomic mass is 16.5. The van der Waals surface area contributed by atoms with E-state index in [1.54, 1.807) is 4.90 Å². The molecule has 1 aromatic carbocycles. The SMILES string of the molecule is O=C(O)COCC(=O)N1CC[C@@H](c2nc3ccccc3o2)C1.